The number of hydrogen-bond acceptors (Lipinski definition) is 11. The van der Waals surface area contributed by atoms with Crippen LogP contribution in [0.2, 0.25) is 0 Å². The molecule has 2 unspecified atom stereocenters. The number of unbranched alkanes of at least 4 members (excludes halogenated alkanes) is 16. The Morgan fingerprint density at radius 3 is 1.71 bits per heavy atom. The molecule has 12 nitrogen and oxygen atoms in total. The minimum Gasteiger partial charge on any atom is -0.462 e. The summed E-state index contributed by atoms with van der Waals surface area (Å²) in [5.74, 6) is -2.05. The third kappa shape index (κ3) is 29.5. The zero-order chi connectivity index (χ0) is 42.7. The second-order valence-electron chi connectivity index (χ2n) is 15.1. The van der Waals surface area contributed by atoms with Crippen molar-refractivity contribution in [3.8, 4) is 0 Å². The van der Waals surface area contributed by atoms with E-state index in [-0.39, 0.29) is 19.4 Å². The van der Waals surface area contributed by atoms with Crippen LogP contribution in [0.5, 0.6) is 0 Å². The first-order valence-corrected chi connectivity index (χ1v) is 23.5. The van der Waals surface area contributed by atoms with Gasteiger partial charge in [0.1, 0.15) is 36.8 Å². The fourth-order valence-corrected chi connectivity index (χ4v) is 6.96. The van der Waals surface area contributed by atoms with Crippen molar-refractivity contribution in [1.29, 1.82) is 0 Å². The molecular weight excluding hydrogens is 765 g/mol. The predicted octanol–water partition coefficient (Wildman–Crippen LogP) is 8.56. The number of hydrogen-bond donors (Lipinski definition) is 4. The second kappa shape index (κ2) is 35.1. The van der Waals surface area contributed by atoms with Crippen molar-refractivity contribution in [1.82, 2.24) is 0 Å². The molecule has 0 radical (unpaired) electrons. The quantitative estimate of drug-likeness (QED) is 0.0157. The Bertz CT molecular complexity index is 1310. The minimum atomic E-state index is -4.61. The van der Waals surface area contributed by atoms with Gasteiger partial charge in [-0.3, -0.25) is 14.1 Å². The van der Waals surface area contributed by atoms with Crippen LogP contribution in [0.4, 0.5) is 0 Å². The zero-order valence-electron chi connectivity index (χ0n) is 35.4. The normalized spacial score (nSPS) is 21.0. The number of aliphatic hydroxyl groups is 3. The molecule has 1 fully saturated rings. The fourth-order valence-electron chi connectivity index (χ4n) is 6.27. The van der Waals surface area contributed by atoms with Crippen molar-refractivity contribution in [3.05, 3.63) is 60.8 Å². The van der Waals surface area contributed by atoms with Gasteiger partial charge < -0.3 is 34.3 Å². The average Bonchev–Trinajstić information content (AvgIpc) is 3.18. The number of carbonyl (C=O) groups excluding carboxylic acids is 2. The molecule has 0 spiro atoms. The predicted molar refractivity (Wildman–Crippen MR) is 229 cm³/mol. The largest absolute Gasteiger partial charge is 0.462 e. The van der Waals surface area contributed by atoms with Crippen LogP contribution in [-0.2, 0) is 38.7 Å². The summed E-state index contributed by atoms with van der Waals surface area (Å²) in [6, 6.07) is 0. The molecule has 0 aromatic rings. The first kappa shape index (κ1) is 53.4. The van der Waals surface area contributed by atoms with E-state index in [1.807, 2.05) is 36.5 Å². The average molecular weight is 841 g/mol. The number of rotatable bonds is 35. The Hall–Kier alpha value is -2.65. The molecule has 0 bridgehead atoms. The van der Waals surface area contributed by atoms with E-state index < -0.39 is 71.2 Å². The van der Waals surface area contributed by atoms with Gasteiger partial charge in [-0.25, -0.2) is 0 Å². The SMILES string of the molecule is CC/C=C/C=C/C=C/C=C/CCCCCCCC(=O)O[C@H](COC(=O)CCCC/C=C/CCCCCCCCCCC)CO[C@H]1O[C@H](CS(=O)(=O)O)[C@@H](O)C(O)C1O. The van der Waals surface area contributed by atoms with Gasteiger partial charge in [0, 0.05) is 12.8 Å². The first-order chi connectivity index (χ1) is 28.0. The summed E-state index contributed by atoms with van der Waals surface area (Å²) in [5.41, 5.74) is 0. The van der Waals surface area contributed by atoms with Crippen LogP contribution in [0.15, 0.2) is 60.8 Å². The number of ether oxygens (including phenoxy) is 4. The molecule has 1 aliphatic heterocycles. The van der Waals surface area contributed by atoms with Crippen molar-refractivity contribution < 1.29 is 56.8 Å². The van der Waals surface area contributed by atoms with Gasteiger partial charge in [0.15, 0.2) is 12.4 Å². The van der Waals surface area contributed by atoms with Gasteiger partial charge in [0.2, 0.25) is 0 Å². The minimum absolute atomic E-state index is 0.132. The number of aliphatic hydroxyl groups excluding tert-OH is 3. The van der Waals surface area contributed by atoms with Crippen molar-refractivity contribution in [2.45, 2.75) is 192 Å². The first-order valence-electron chi connectivity index (χ1n) is 21.9. The third-order valence-electron chi connectivity index (χ3n) is 9.68. The Kier molecular flexibility index (Phi) is 32.3. The smallest absolute Gasteiger partial charge is 0.306 e. The van der Waals surface area contributed by atoms with E-state index in [2.05, 4.69) is 38.2 Å². The van der Waals surface area contributed by atoms with Crippen molar-refractivity contribution >= 4 is 22.1 Å². The summed E-state index contributed by atoms with van der Waals surface area (Å²) in [6.45, 7) is 3.57. The van der Waals surface area contributed by atoms with Crippen LogP contribution in [-0.4, -0.2) is 96.0 Å². The molecule has 0 aromatic carbocycles. The van der Waals surface area contributed by atoms with Crippen molar-refractivity contribution in [2.75, 3.05) is 19.0 Å². The van der Waals surface area contributed by atoms with Gasteiger partial charge in [-0.1, -0.05) is 145 Å². The molecule has 58 heavy (non-hydrogen) atoms. The molecular formula is C45H76O12S. The summed E-state index contributed by atoms with van der Waals surface area (Å²) in [6.07, 6.45) is 32.7. The highest BCUT2D eigenvalue weighted by Crippen LogP contribution is 2.24. The number of esters is 2. The van der Waals surface area contributed by atoms with Crippen LogP contribution in [0, 0.1) is 0 Å². The molecule has 1 rings (SSSR count). The van der Waals surface area contributed by atoms with Crippen LogP contribution in [0.25, 0.3) is 0 Å². The topological polar surface area (TPSA) is 186 Å². The lowest BCUT2D eigenvalue weighted by Crippen LogP contribution is -2.60. The van der Waals surface area contributed by atoms with E-state index >= 15 is 0 Å². The lowest BCUT2D eigenvalue weighted by Gasteiger charge is -2.40. The highest BCUT2D eigenvalue weighted by atomic mass is 32.2. The van der Waals surface area contributed by atoms with E-state index in [0.717, 1.165) is 57.8 Å². The van der Waals surface area contributed by atoms with E-state index in [1.165, 1.54) is 57.8 Å². The molecule has 0 aromatic heterocycles. The van der Waals surface area contributed by atoms with Gasteiger partial charge in [-0.2, -0.15) is 8.42 Å². The standard InChI is InChI=1S/C45H76O12S/c1-3-5-7-9-11-13-15-17-19-21-23-25-27-29-31-33-40(46)54-35-38(36-55-45-44(50)43(49)42(48)39(57-45)37-58(51,52)53)56-41(47)34-32-30-28-26-24-22-20-18-16-14-12-10-8-6-4-2/h6,8,10,12,14,16,18,20,23,25,38-39,42-45,48-50H,3-5,7,9,11,13,15,17,19,21-22,24,26-37H2,1-2H3,(H,51,52,53)/b8-6+,12-10+,16-14+,20-18+,25-23+/t38-,39-,42-,43?,44?,45+/m1/s1. The molecule has 4 N–H and O–H groups in total. The lowest BCUT2D eigenvalue weighted by molar-refractivity contribution is -0.297. The van der Waals surface area contributed by atoms with Gasteiger partial charge in [-0.05, 0) is 57.8 Å². The van der Waals surface area contributed by atoms with Crippen LogP contribution in [0.3, 0.4) is 0 Å². The van der Waals surface area contributed by atoms with E-state index in [9.17, 15) is 37.9 Å². The molecule has 1 aliphatic rings. The van der Waals surface area contributed by atoms with Gasteiger partial charge in [-0.15, -0.1) is 0 Å². The molecule has 0 saturated carbocycles. The summed E-state index contributed by atoms with van der Waals surface area (Å²) in [4.78, 5) is 25.4. The fraction of sp³-hybridized carbons (Fsp3) is 0.733. The maximum absolute atomic E-state index is 12.8. The summed E-state index contributed by atoms with van der Waals surface area (Å²) in [5, 5.41) is 30.8. The monoisotopic (exact) mass is 841 g/mol. The van der Waals surface area contributed by atoms with Crippen LogP contribution >= 0.6 is 0 Å². The molecule has 334 valence electrons. The zero-order valence-corrected chi connectivity index (χ0v) is 36.2. The summed E-state index contributed by atoms with van der Waals surface area (Å²) in [7, 11) is -4.61. The van der Waals surface area contributed by atoms with Gasteiger partial charge >= 0.3 is 11.9 Å². The number of allylic oxidation sites excluding steroid dienone is 10. The van der Waals surface area contributed by atoms with Crippen LogP contribution < -0.4 is 0 Å². The van der Waals surface area contributed by atoms with E-state index in [1.54, 1.807) is 0 Å². The molecule has 6 atom stereocenters. The molecule has 13 heteroatoms. The van der Waals surface area contributed by atoms with Crippen LogP contribution in [0.1, 0.15) is 155 Å². The highest BCUT2D eigenvalue weighted by Gasteiger charge is 2.46. The number of carbonyl (C=O) groups is 2. The van der Waals surface area contributed by atoms with Gasteiger partial charge in [0.05, 0.1) is 6.61 Å². The molecule has 1 heterocycles. The Morgan fingerprint density at radius 1 is 0.603 bits per heavy atom. The Labute approximate surface area is 349 Å². The maximum atomic E-state index is 12.8. The molecule has 1 saturated heterocycles. The van der Waals surface area contributed by atoms with Crippen molar-refractivity contribution in [2.24, 2.45) is 0 Å². The van der Waals surface area contributed by atoms with E-state index in [4.69, 9.17) is 18.9 Å². The Morgan fingerprint density at radius 2 is 1.10 bits per heavy atom. The molecule has 0 aliphatic carbocycles. The maximum Gasteiger partial charge on any atom is 0.306 e. The second-order valence-corrected chi connectivity index (χ2v) is 16.6. The van der Waals surface area contributed by atoms with Crippen molar-refractivity contribution in [3.63, 3.8) is 0 Å². The highest BCUT2D eigenvalue weighted by molar-refractivity contribution is 7.85. The summed E-state index contributed by atoms with van der Waals surface area (Å²) < 4.78 is 54.0. The van der Waals surface area contributed by atoms with Gasteiger partial charge in [0.25, 0.3) is 10.1 Å². The summed E-state index contributed by atoms with van der Waals surface area (Å²) >= 11 is 0. The van der Waals surface area contributed by atoms with E-state index in [0.29, 0.717) is 12.8 Å². The lowest BCUT2D eigenvalue weighted by atomic mass is 10.00. The third-order valence-corrected chi connectivity index (χ3v) is 10.4. The Balaban J connectivity index is 2.50. The molecule has 0 amide bonds.